The van der Waals surface area contributed by atoms with Gasteiger partial charge in [0.2, 0.25) is 11.8 Å². The lowest BCUT2D eigenvalue weighted by atomic mass is 9.99. The number of carbonyl (C=O) groups is 2. The largest absolute Gasteiger partial charge is 0.322 e. The van der Waals surface area contributed by atoms with E-state index >= 15 is 0 Å². The maximum absolute atomic E-state index is 13.1. The van der Waals surface area contributed by atoms with Crippen molar-refractivity contribution in [3.05, 3.63) is 28.7 Å². The first-order valence-electron chi connectivity index (χ1n) is 9.61. The molecule has 0 saturated carbocycles. The minimum Gasteiger partial charge on any atom is -0.322 e. The molecule has 6 heteroatoms. The van der Waals surface area contributed by atoms with Gasteiger partial charge >= 0.3 is 0 Å². The average Bonchev–Trinajstić information content (AvgIpc) is 3.18. The number of likely N-dealkylation sites (N-methyl/N-ethyl adjacent to an activating group) is 1. The van der Waals surface area contributed by atoms with E-state index in [-0.39, 0.29) is 23.9 Å². The molecule has 2 aliphatic heterocycles. The zero-order valence-electron chi connectivity index (χ0n) is 15.6. The van der Waals surface area contributed by atoms with Crippen molar-refractivity contribution in [2.24, 2.45) is 0 Å². The second-order valence-corrected chi connectivity index (χ2v) is 8.96. The summed E-state index contributed by atoms with van der Waals surface area (Å²) in [6.07, 6.45) is 10.0. The summed E-state index contributed by atoms with van der Waals surface area (Å²) < 4.78 is 0. The normalized spacial score (nSPS) is 25.4. The summed E-state index contributed by atoms with van der Waals surface area (Å²) >= 11 is 1.79. The van der Waals surface area contributed by atoms with Crippen LogP contribution in [0.25, 0.3) is 0 Å². The van der Waals surface area contributed by atoms with Gasteiger partial charge in [0, 0.05) is 24.0 Å². The Morgan fingerprint density at radius 3 is 2.88 bits per heavy atom. The highest BCUT2D eigenvalue weighted by atomic mass is 32.1. The summed E-state index contributed by atoms with van der Waals surface area (Å²) in [6, 6.07) is 2.09. The van der Waals surface area contributed by atoms with E-state index in [0.717, 1.165) is 37.2 Å². The Balaban J connectivity index is 1.50. The second kappa shape index (κ2) is 7.16. The number of fused-ring (bicyclic) bond motifs is 3. The second-order valence-electron chi connectivity index (χ2n) is 7.85. The van der Waals surface area contributed by atoms with Gasteiger partial charge in [-0.25, -0.2) is 0 Å². The molecule has 4 rings (SSSR count). The average molecular weight is 374 g/mol. The third kappa shape index (κ3) is 3.21. The number of carbonyl (C=O) groups excluding carboxylic acids is 2. The van der Waals surface area contributed by atoms with Crippen LogP contribution in [0.4, 0.5) is 5.00 Å². The molecule has 2 atom stereocenters. The molecule has 0 spiro atoms. The molecular formula is C20H27N3O2S. The third-order valence-corrected chi connectivity index (χ3v) is 6.94. The highest BCUT2D eigenvalue weighted by Gasteiger charge is 2.47. The van der Waals surface area contributed by atoms with Crippen LogP contribution in [0.2, 0.25) is 0 Å². The van der Waals surface area contributed by atoms with Crippen LogP contribution in [0.15, 0.2) is 18.2 Å². The Labute approximate surface area is 159 Å². The van der Waals surface area contributed by atoms with Gasteiger partial charge in [-0.15, -0.1) is 11.3 Å². The van der Waals surface area contributed by atoms with Gasteiger partial charge in [-0.2, -0.15) is 0 Å². The molecule has 2 fully saturated rings. The van der Waals surface area contributed by atoms with Gasteiger partial charge in [0.25, 0.3) is 0 Å². The quantitative estimate of drug-likeness (QED) is 0.762. The van der Waals surface area contributed by atoms with Gasteiger partial charge in [0.15, 0.2) is 0 Å². The van der Waals surface area contributed by atoms with Gasteiger partial charge in [0.05, 0.1) is 11.0 Å². The van der Waals surface area contributed by atoms with Gasteiger partial charge in [-0.3, -0.25) is 14.5 Å². The summed E-state index contributed by atoms with van der Waals surface area (Å²) in [4.78, 5) is 33.0. The van der Waals surface area contributed by atoms with Crippen molar-refractivity contribution in [1.82, 2.24) is 9.80 Å². The van der Waals surface area contributed by atoms with Crippen LogP contribution in [0.3, 0.4) is 0 Å². The predicted octanol–water partition coefficient (Wildman–Crippen LogP) is 2.45. The SMILES string of the molecule is CN(C)C/C=C/C(=O)N1C2CCC1C(=O)N(c1cc3c(s1)CCCC3)C2. The Morgan fingerprint density at radius 1 is 1.31 bits per heavy atom. The van der Waals surface area contributed by atoms with Crippen LogP contribution in [0.1, 0.15) is 36.1 Å². The molecule has 1 aliphatic carbocycles. The molecule has 2 unspecified atom stereocenters. The minimum atomic E-state index is -0.288. The molecule has 0 aromatic carbocycles. The van der Waals surface area contributed by atoms with Crippen LogP contribution >= 0.6 is 11.3 Å². The number of nitrogens with zero attached hydrogens (tertiary/aromatic N) is 3. The topological polar surface area (TPSA) is 43.9 Å². The molecule has 140 valence electrons. The van der Waals surface area contributed by atoms with Crippen LogP contribution in [-0.4, -0.2) is 60.9 Å². The summed E-state index contributed by atoms with van der Waals surface area (Å²) in [5, 5.41) is 1.09. The Morgan fingerprint density at radius 2 is 2.12 bits per heavy atom. The fraction of sp³-hybridized carbons (Fsp3) is 0.600. The molecule has 2 amide bonds. The van der Waals surface area contributed by atoms with Gasteiger partial charge in [0.1, 0.15) is 6.04 Å². The van der Waals surface area contributed by atoms with Crippen molar-refractivity contribution in [2.75, 3.05) is 32.1 Å². The first kappa shape index (κ1) is 17.7. The summed E-state index contributed by atoms with van der Waals surface area (Å²) in [7, 11) is 3.95. The monoisotopic (exact) mass is 373 g/mol. The van der Waals surface area contributed by atoms with E-state index in [1.54, 1.807) is 17.4 Å². The molecule has 26 heavy (non-hydrogen) atoms. The first-order valence-corrected chi connectivity index (χ1v) is 10.4. The van der Waals surface area contributed by atoms with Crippen LogP contribution in [0, 0.1) is 0 Å². The number of anilines is 1. The van der Waals surface area contributed by atoms with E-state index in [1.165, 1.54) is 23.3 Å². The van der Waals surface area contributed by atoms with Crippen molar-refractivity contribution < 1.29 is 9.59 Å². The fourth-order valence-corrected chi connectivity index (χ4v) is 5.64. The lowest BCUT2D eigenvalue weighted by Crippen LogP contribution is -2.58. The molecule has 2 saturated heterocycles. The lowest BCUT2D eigenvalue weighted by molar-refractivity contribution is -0.137. The predicted molar refractivity (Wildman–Crippen MR) is 105 cm³/mol. The van der Waals surface area contributed by atoms with E-state index < -0.39 is 0 Å². The number of rotatable bonds is 4. The van der Waals surface area contributed by atoms with E-state index in [1.807, 2.05) is 34.9 Å². The third-order valence-electron chi connectivity index (χ3n) is 5.68. The van der Waals surface area contributed by atoms with Gasteiger partial charge < -0.3 is 9.80 Å². The number of hydrogen-bond acceptors (Lipinski definition) is 4. The zero-order chi connectivity index (χ0) is 18.3. The van der Waals surface area contributed by atoms with Crippen LogP contribution < -0.4 is 4.90 Å². The fourth-order valence-electron chi connectivity index (χ4n) is 4.38. The van der Waals surface area contributed by atoms with Crippen molar-refractivity contribution >= 4 is 28.2 Å². The van der Waals surface area contributed by atoms with E-state index in [4.69, 9.17) is 0 Å². The highest BCUT2D eigenvalue weighted by molar-refractivity contribution is 7.16. The number of hydrogen-bond donors (Lipinski definition) is 0. The maximum Gasteiger partial charge on any atom is 0.250 e. The summed E-state index contributed by atoms with van der Waals surface area (Å²) in [5.74, 6) is 0.0875. The molecule has 3 aliphatic rings. The zero-order valence-corrected chi connectivity index (χ0v) is 16.4. The molecule has 2 bridgehead atoms. The summed E-state index contributed by atoms with van der Waals surface area (Å²) in [5.41, 5.74) is 1.43. The first-order chi connectivity index (χ1) is 12.5. The molecule has 3 heterocycles. The van der Waals surface area contributed by atoms with Crippen LogP contribution in [-0.2, 0) is 22.4 Å². The Hall–Kier alpha value is -1.66. The lowest BCUT2D eigenvalue weighted by Gasteiger charge is -2.39. The molecule has 1 aromatic heterocycles. The molecule has 0 N–H and O–H groups in total. The van der Waals surface area contributed by atoms with E-state index in [9.17, 15) is 9.59 Å². The van der Waals surface area contributed by atoms with Crippen molar-refractivity contribution in [3.8, 4) is 0 Å². The number of thiophene rings is 1. The molecule has 5 nitrogen and oxygen atoms in total. The number of amides is 2. The van der Waals surface area contributed by atoms with E-state index in [0.29, 0.717) is 6.54 Å². The van der Waals surface area contributed by atoms with Crippen LogP contribution in [0.5, 0.6) is 0 Å². The molecule has 1 aromatic rings. The van der Waals surface area contributed by atoms with Gasteiger partial charge in [-0.1, -0.05) is 6.08 Å². The van der Waals surface area contributed by atoms with Crippen molar-refractivity contribution in [3.63, 3.8) is 0 Å². The number of aryl methyl sites for hydroxylation is 2. The minimum absolute atomic E-state index is 0.0159. The molecule has 0 radical (unpaired) electrons. The Bertz CT molecular complexity index is 716. The summed E-state index contributed by atoms with van der Waals surface area (Å²) in [6.45, 7) is 1.37. The smallest absolute Gasteiger partial charge is 0.250 e. The maximum atomic E-state index is 13.1. The van der Waals surface area contributed by atoms with Crippen molar-refractivity contribution in [2.45, 2.75) is 50.6 Å². The van der Waals surface area contributed by atoms with E-state index in [2.05, 4.69) is 6.07 Å². The van der Waals surface area contributed by atoms with Crippen molar-refractivity contribution in [1.29, 1.82) is 0 Å². The highest BCUT2D eigenvalue weighted by Crippen LogP contribution is 2.39. The Kier molecular flexibility index (Phi) is 4.88. The van der Waals surface area contributed by atoms with Gasteiger partial charge in [-0.05, 0) is 64.3 Å². The number of piperazine rings is 1. The standard InChI is InChI=1S/C20H27N3O2S/c1-21(2)11-5-8-18(24)23-15-9-10-16(23)20(25)22(13-15)19-12-14-6-3-4-7-17(14)26-19/h5,8,12,15-16H,3-4,6-7,9-11,13H2,1-2H3/b8-5+. The molecular weight excluding hydrogens is 346 g/mol.